The molecule has 2 unspecified atom stereocenters. The average molecular weight is 416 g/mol. The lowest BCUT2D eigenvalue weighted by atomic mass is 9.75. The molecule has 31 heavy (non-hydrogen) atoms. The second-order valence-corrected chi connectivity index (χ2v) is 8.89. The van der Waals surface area contributed by atoms with Gasteiger partial charge >= 0.3 is 6.03 Å². The van der Waals surface area contributed by atoms with Crippen LogP contribution >= 0.6 is 0 Å². The van der Waals surface area contributed by atoms with Gasteiger partial charge in [-0.1, -0.05) is 36.8 Å². The first-order chi connectivity index (χ1) is 15.1. The zero-order valence-corrected chi connectivity index (χ0v) is 18.0. The molecular formula is C26H29N3O2. The fraction of sp³-hybridized carbons (Fsp3) is 0.385. The lowest BCUT2D eigenvalue weighted by Gasteiger charge is -2.45. The number of carbonyl (C=O) groups excluding carboxylic acids is 1. The van der Waals surface area contributed by atoms with Crippen LogP contribution in [-0.2, 0) is 0 Å². The van der Waals surface area contributed by atoms with Gasteiger partial charge in [-0.25, -0.2) is 4.79 Å². The fourth-order valence-electron chi connectivity index (χ4n) is 5.13. The SMILES string of the molecule is Cc1c(-c2ccc(OC3CCN(C(N)=O)C(C4CCC4)C3)cc2)ccc2cccnc12. The van der Waals surface area contributed by atoms with E-state index in [4.69, 9.17) is 10.5 Å². The molecule has 2 atom stereocenters. The Labute approximate surface area is 183 Å². The van der Waals surface area contributed by atoms with Crippen LogP contribution in [0.1, 0.15) is 37.7 Å². The molecule has 3 aromatic rings. The first-order valence-electron chi connectivity index (χ1n) is 11.3. The topological polar surface area (TPSA) is 68.5 Å². The quantitative estimate of drug-likeness (QED) is 0.629. The number of urea groups is 1. The van der Waals surface area contributed by atoms with Crippen molar-refractivity contribution in [2.24, 2.45) is 11.7 Å². The van der Waals surface area contributed by atoms with Gasteiger partial charge in [0, 0.05) is 37.0 Å². The van der Waals surface area contributed by atoms with Crippen molar-refractivity contribution in [3.05, 3.63) is 60.3 Å². The van der Waals surface area contributed by atoms with Crippen LogP contribution in [0.5, 0.6) is 5.75 Å². The molecule has 2 N–H and O–H groups in total. The second kappa shape index (κ2) is 8.22. The number of likely N-dealkylation sites (tertiary alicyclic amines) is 1. The molecule has 1 aromatic heterocycles. The number of benzene rings is 2. The summed E-state index contributed by atoms with van der Waals surface area (Å²) in [5.41, 5.74) is 10.2. The highest BCUT2D eigenvalue weighted by Crippen LogP contribution is 2.37. The van der Waals surface area contributed by atoms with Crippen LogP contribution in [-0.4, -0.2) is 34.6 Å². The van der Waals surface area contributed by atoms with Gasteiger partial charge in [0.25, 0.3) is 0 Å². The Morgan fingerprint density at radius 1 is 1.10 bits per heavy atom. The average Bonchev–Trinajstić information content (AvgIpc) is 2.74. The fourth-order valence-corrected chi connectivity index (χ4v) is 5.13. The van der Waals surface area contributed by atoms with Gasteiger partial charge in [0.05, 0.1) is 5.52 Å². The summed E-state index contributed by atoms with van der Waals surface area (Å²) in [4.78, 5) is 18.3. The van der Waals surface area contributed by atoms with Crippen molar-refractivity contribution < 1.29 is 9.53 Å². The summed E-state index contributed by atoms with van der Waals surface area (Å²) in [6, 6.07) is 16.6. The number of nitrogens with zero attached hydrogens (tertiary/aromatic N) is 2. The van der Waals surface area contributed by atoms with Gasteiger partial charge in [0.2, 0.25) is 0 Å². The minimum absolute atomic E-state index is 0.124. The number of hydrogen-bond acceptors (Lipinski definition) is 3. The van der Waals surface area contributed by atoms with Gasteiger partial charge in [-0.05, 0) is 60.6 Å². The molecule has 5 heteroatoms. The third-order valence-corrected chi connectivity index (χ3v) is 7.07. The molecule has 2 heterocycles. The molecule has 2 amide bonds. The molecule has 0 radical (unpaired) electrons. The van der Waals surface area contributed by atoms with E-state index in [1.807, 2.05) is 17.2 Å². The first-order valence-corrected chi connectivity index (χ1v) is 11.3. The summed E-state index contributed by atoms with van der Waals surface area (Å²) in [5, 5.41) is 1.16. The highest BCUT2D eigenvalue weighted by molar-refractivity contribution is 5.88. The summed E-state index contributed by atoms with van der Waals surface area (Å²) in [6.07, 6.45) is 7.29. The Balaban J connectivity index is 1.31. The molecule has 1 saturated carbocycles. The van der Waals surface area contributed by atoms with Crippen LogP contribution in [0.3, 0.4) is 0 Å². The molecule has 2 fully saturated rings. The zero-order valence-electron chi connectivity index (χ0n) is 18.0. The summed E-state index contributed by atoms with van der Waals surface area (Å²) in [5.74, 6) is 1.45. The number of rotatable bonds is 4. The largest absolute Gasteiger partial charge is 0.490 e. The number of pyridine rings is 1. The molecule has 5 rings (SSSR count). The number of fused-ring (bicyclic) bond motifs is 1. The van der Waals surface area contributed by atoms with Gasteiger partial charge in [0.1, 0.15) is 11.9 Å². The van der Waals surface area contributed by atoms with E-state index < -0.39 is 0 Å². The van der Waals surface area contributed by atoms with Crippen molar-refractivity contribution in [1.29, 1.82) is 0 Å². The molecule has 2 aliphatic rings. The number of ether oxygens (including phenoxy) is 1. The van der Waals surface area contributed by atoms with Crippen LogP contribution in [0.15, 0.2) is 54.7 Å². The van der Waals surface area contributed by atoms with Gasteiger partial charge in [0.15, 0.2) is 0 Å². The van der Waals surface area contributed by atoms with E-state index in [2.05, 4.69) is 54.4 Å². The predicted octanol–water partition coefficient (Wildman–Crippen LogP) is 5.30. The van der Waals surface area contributed by atoms with E-state index in [0.717, 1.165) is 35.1 Å². The van der Waals surface area contributed by atoms with Crippen molar-refractivity contribution in [3.63, 3.8) is 0 Å². The molecule has 160 valence electrons. The van der Waals surface area contributed by atoms with Crippen LogP contribution in [0.4, 0.5) is 4.79 Å². The minimum atomic E-state index is -0.292. The molecular weight excluding hydrogens is 386 g/mol. The van der Waals surface area contributed by atoms with E-state index >= 15 is 0 Å². The summed E-state index contributed by atoms with van der Waals surface area (Å²) in [7, 11) is 0. The predicted molar refractivity (Wildman–Crippen MR) is 123 cm³/mol. The minimum Gasteiger partial charge on any atom is -0.490 e. The number of aryl methyl sites for hydroxylation is 1. The monoisotopic (exact) mass is 415 g/mol. The van der Waals surface area contributed by atoms with Gasteiger partial charge in [-0.15, -0.1) is 0 Å². The van der Waals surface area contributed by atoms with Crippen molar-refractivity contribution in [2.75, 3.05) is 6.54 Å². The maximum absolute atomic E-state index is 11.9. The molecule has 2 aromatic carbocycles. The van der Waals surface area contributed by atoms with E-state index in [-0.39, 0.29) is 18.2 Å². The van der Waals surface area contributed by atoms with E-state index in [1.54, 1.807) is 0 Å². The van der Waals surface area contributed by atoms with Crippen LogP contribution in [0.25, 0.3) is 22.0 Å². The standard InChI is InChI=1S/C26H29N3O2/c1-17-23(12-9-20-6-3-14-28-25(17)20)18-7-10-21(11-8-18)31-22-13-15-29(26(27)30)24(16-22)19-4-2-5-19/h3,6-12,14,19,22,24H,2,4-5,13,15-16H2,1H3,(H2,27,30). The molecule has 0 bridgehead atoms. The van der Waals surface area contributed by atoms with Crippen molar-refractivity contribution in [1.82, 2.24) is 9.88 Å². The lowest BCUT2D eigenvalue weighted by Crippen LogP contribution is -2.54. The van der Waals surface area contributed by atoms with Crippen molar-refractivity contribution in [3.8, 4) is 16.9 Å². The van der Waals surface area contributed by atoms with Gasteiger partial charge in [-0.2, -0.15) is 0 Å². The Morgan fingerprint density at radius 2 is 1.90 bits per heavy atom. The summed E-state index contributed by atoms with van der Waals surface area (Å²) in [6.45, 7) is 2.81. The number of aromatic nitrogens is 1. The number of nitrogens with two attached hydrogens (primary N) is 1. The Hall–Kier alpha value is -3.08. The molecule has 1 saturated heterocycles. The number of amides is 2. The van der Waals surface area contributed by atoms with E-state index in [0.29, 0.717) is 12.5 Å². The summed E-state index contributed by atoms with van der Waals surface area (Å²) < 4.78 is 6.33. The second-order valence-electron chi connectivity index (χ2n) is 8.89. The zero-order chi connectivity index (χ0) is 21.4. The summed E-state index contributed by atoms with van der Waals surface area (Å²) >= 11 is 0. The molecule has 1 aliphatic heterocycles. The van der Waals surface area contributed by atoms with Crippen molar-refractivity contribution in [2.45, 2.75) is 51.2 Å². The third-order valence-electron chi connectivity index (χ3n) is 7.07. The molecule has 0 spiro atoms. The first kappa shape index (κ1) is 19.9. The van der Waals surface area contributed by atoms with E-state index in [1.165, 1.54) is 30.4 Å². The molecule has 1 aliphatic carbocycles. The number of primary amides is 1. The van der Waals surface area contributed by atoms with Crippen LogP contribution in [0.2, 0.25) is 0 Å². The maximum atomic E-state index is 11.9. The highest BCUT2D eigenvalue weighted by atomic mass is 16.5. The van der Waals surface area contributed by atoms with Gasteiger partial charge in [-0.3, -0.25) is 4.98 Å². The lowest BCUT2D eigenvalue weighted by molar-refractivity contribution is 0.0319. The number of carbonyl (C=O) groups is 1. The number of hydrogen-bond donors (Lipinski definition) is 1. The van der Waals surface area contributed by atoms with Gasteiger partial charge < -0.3 is 15.4 Å². The van der Waals surface area contributed by atoms with E-state index in [9.17, 15) is 4.79 Å². The Bertz CT molecular complexity index is 1090. The number of piperidine rings is 1. The Morgan fingerprint density at radius 3 is 2.61 bits per heavy atom. The van der Waals surface area contributed by atoms with Crippen LogP contribution in [0, 0.1) is 12.8 Å². The third kappa shape index (κ3) is 3.85. The maximum Gasteiger partial charge on any atom is 0.315 e. The highest BCUT2D eigenvalue weighted by Gasteiger charge is 2.38. The van der Waals surface area contributed by atoms with Crippen LogP contribution < -0.4 is 10.5 Å². The van der Waals surface area contributed by atoms with Crippen molar-refractivity contribution >= 4 is 16.9 Å². The smallest absolute Gasteiger partial charge is 0.315 e. The normalized spacial score (nSPS) is 21.6. The Kier molecular flexibility index (Phi) is 5.26. The molecule has 5 nitrogen and oxygen atoms in total.